The van der Waals surface area contributed by atoms with Gasteiger partial charge in [-0.2, -0.15) is 10.5 Å². The smallest absolute Gasteiger partial charge is 0.270 e. The third-order valence-electron chi connectivity index (χ3n) is 24.4. The number of hydrogen-bond acceptors (Lipinski definition) is 19. The molecule has 2 saturated heterocycles. The minimum absolute atomic E-state index is 0.00722. The highest BCUT2D eigenvalue weighted by molar-refractivity contribution is 14.1. The van der Waals surface area contributed by atoms with E-state index in [2.05, 4.69) is 90.9 Å². The van der Waals surface area contributed by atoms with Crippen LogP contribution >= 0.6 is 54.5 Å². The molecule has 8 aromatic heterocycles. The molecule has 8 aromatic carbocycles. The number of ether oxygens (including phenoxy) is 4. The van der Waals surface area contributed by atoms with Crippen LogP contribution in [0.3, 0.4) is 0 Å². The van der Waals surface area contributed by atoms with Gasteiger partial charge in [0.2, 0.25) is 17.7 Å². The summed E-state index contributed by atoms with van der Waals surface area (Å²) in [7, 11) is -11.7. The number of aromatic amines is 1. The number of carbonyl (C=O) groups excluding carboxylic acids is 3. The monoisotopic (exact) mass is 2050 g/mol. The quantitative estimate of drug-likeness (QED) is 0.0693. The molecule has 0 radical (unpaired) electrons. The maximum Gasteiger partial charge on any atom is 0.270 e. The molecular formula is C100H82Br2IN13O13S3. The standard InChI is InChI=1S/C35H30N4O5S.C29H26N4O3.C23H18BrN3O3S.C13H8BrIN2O2S/c1-35(2)29-10-8-23(19-30(29)38-34(35)40)31-20-28-27(12-15-37-33(28)39(31)45(41,42)26-6-4-3-5-7-26)22-9-11-32(24(18-22)21-36)44-25-13-16-43-17-14-25;1-29(2)23-5-3-18(14-25(23)33-28(29)34)24-15-22-21(7-10-31-27(22)32-24)17-4-6-26(19(13-17)16-30)36-20-8-11-35-12-9-20;1-23(2)17-9-8-14(12-19(17)26-22(23)28)20-13-16-18(24)10-11-25-21(16)27(20)31(29,30)15-6-4-3-5-7-15;14-11-6-7-16-13-10(11)8-12(15)17(13)20(18,19)9-4-2-1-3-5-9/h3-12,15,18-20,25H,13-14,16-17H2,1-2H3,(H,38,40);3-7,10,13-15,20H,8-9,11-12H2,1-2H3,(H,31,32)(H,33,34);3-13H,1-2H3,(H,26,28);1-8H. The molecule has 0 atom stereocenters. The highest BCUT2D eigenvalue weighted by atomic mass is 127. The summed E-state index contributed by atoms with van der Waals surface area (Å²) in [5.41, 5.74) is 13.0. The lowest BCUT2D eigenvalue weighted by Gasteiger charge is -2.24. The molecule has 4 N–H and O–H groups in total. The van der Waals surface area contributed by atoms with Gasteiger partial charge in [-0.25, -0.2) is 57.1 Å². The summed E-state index contributed by atoms with van der Waals surface area (Å²) in [6, 6.07) is 72.5. The number of hydrogen-bond donors (Lipinski definition) is 4. The summed E-state index contributed by atoms with van der Waals surface area (Å²) in [6.45, 7) is 13.9. The lowest BCUT2D eigenvalue weighted by atomic mass is 9.86. The summed E-state index contributed by atoms with van der Waals surface area (Å²) in [4.78, 5) is 59.0. The lowest BCUT2D eigenvalue weighted by Crippen LogP contribution is -2.26. The molecule has 664 valence electrons. The van der Waals surface area contributed by atoms with E-state index in [4.69, 9.17) is 18.9 Å². The third kappa shape index (κ3) is 16.6. The number of nitrogens with one attached hydrogen (secondary N) is 4. The molecule has 2 fully saturated rings. The first-order valence-corrected chi connectivity index (χ1v) is 49.2. The van der Waals surface area contributed by atoms with Gasteiger partial charge in [0.15, 0.2) is 16.9 Å². The molecule has 5 aliphatic heterocycles. The number of nitrogens with zero attached hydrogens (tertiary/aromatic N) is 9. The van der Waals surface area contributed by atoms with Gasteiger partial charge in [-0.05, 0) is 262 Å². The van der Waals surface area contributed by atoms with Crippen molar-refractivity contribution in [2.45, 2.75) is 110 Å². The first-order chi connectivity index (χ1) is 63.3. The highest BCUT2D eigenvalue weighted by Crippen LogP contribution is 2.47. The van der Waals surface area contributed by atoms with Crippen molar-refractivity contribution in [3.05, 3.63) is 296 Å². The van der Waals surface area contributed by atoms with Crippen molar-refractivity contribution in [3.63, 3.8) is 0 Å². The molecule has 16 aromatic rings. The van der Waals surface area contributed by atoms with E-state index < -0.39 is 46.3 Å². The minimum Gasteiger partial charge on any atom is -0.489 e. The van der Waals surface area contributed by atoms with Gasteiger partial charge in [-0.3, -0.25) is 14.4 Å². The topological polar surface area (TPSA) is 356 Å². The largest absolute Gasteiger partial charge is 0.489 e. The molecular weight excluding hydrogens is 1970 g/mol. The summed E-state index contributed by atoms with van der Waals surface area (Å²) < 4.78 is 110. The van der Waals surface area contributed by atoms with E-state index >= 15 is 0 Å². The van der Waals surface area contributed by atoms with Crippen molar-refractivity contribution in [2.24, 2.45) is 0 Å². The van der Waals surface area contributed by atoms with Crippen LogP contribution in [0.15, 0.2) is 279 Å². The van der Waals surface area contributed by atoms with Gasteiger partial charge in [0.05, 0.1) is 83.6 Å². The fraction of sp³-hybridized carbons (Fsp3) is 0.190. The number of anilines is 3. The van der Waals surface area contributed by atoms with Crippen LogP contribution in [0.25, 0.3) is 100 Å². The molecule has 13 heterocycles. The SMILES string of the molecule is CC1(C)C(=O)Nc2cc(-c3cc4c(-c5ccc(OC6CCOCC6)c(C#N)c5)ccnc4[nH]3)ccc21.CC1(C)C(=O)Nc2cc(-c3cc4c(-c5ccc(OC6CCOCC6)c(C#N)c5)ccnc4n3S(=O)(=O)c3ccccc3)ccc21.CC1(C)C(=O)Nc2cc(-c3cc4c(Br)ccnc4n3S(=O)(=O)c3ccccc3)ccc21.O=S(=O)(c1ccccc1)n1c(I)cc2c(Br)ccnc21. The van der Waals surface area contributed by atoms with Gasteiger partial charge < -0.3 is 39.9 Å². The second-order valence-electron chi connectivity index (χ2n) is 33.8. The fourth-order valence-corrected chi connectivity index (χ4v) is 23.5. The van der Waals surface area contributed by atoms with Crippen molar-refractivity contribution >= 4 is 163 Å². The van der Waals surface area contributed by atoms with Crippen molar-refractivity contribution < 1.29 is 58.6 Å². The Morgan fingerprint density at radius 2 is 0.765 bits per heavy atom. The molecule has 0 saturated carbocycles. The van der Waals surface area contributed by atoms with Crippen LogP contribution in [0.1, 0.15) is 95.0 Å². The zero-order valence-electron chi connectivity index (χ0n) is 71.8. The zero-order chi connectivity index (χ0) is 92.5. The van der Waals surface area contributed by atoms with Gasteiger partial charge in [0, 0.05) is 120 Å². The number of benzene rings is 8. The Labute approximate surface area is 791 Å². The number of nitriles is 2. The maximum absolute atomic E-state index is 14.3. The first kappa shape index (κ1) is 89.6. The predicted molar refractivity (Wildman–Crippen MR) is 521 cm³/mol. The van der Waals surface area contributed by atoms with Crippen LogP contribution in [0, 0.1) is 26.4 Å². The van der Waals surface area contributed by atoms with Crippen molar-refractivity contribution in [2.75, 3.05) is 42.4 Å². The number of halogens is 3. The Kier molecular flexibility index (Phi) is 24.1. The van der Waals surface area contributed by atoms with Gasteiger partial charge >= 0.3 is 0 Å². The molecule has 0 spiro atoms. The molecule has 5 aliphatic rings. The van der Waals surface area contributed by atoms with Crippen molar-refractivity contribution in [1.29, 1.82) is 10.5 Å². The number of pyridine rings is 4. The van der Waals surface area contributed by atoms with Gasteiger partial charge in [0.25, 0.3) is 30.1 Å². The van der Waals surface area contributed by atoms with Gasteiger partial charge in [-0.1, -0.05) is 103 Å². The first-order valence-electron chi connectivity index (χ1n) is 42.2. The molecule has 32 heteroatoms. The molecule has 26 nitrogen and oxygen atoms in total. The summed E-state index contributed by atoms with van der Waals surface area (Å²) in [5, 5.41) is 31.7. The molecule has 0 bridgehead atoms. The fourth-order valence-electron chi connectivity index (χ4n) is 17.0. The molecule has 0 aliphatic carbocycles. The molecule has 132 heavy (non-hydrogen) atoms. The second-order valence-corrected chi connectivity index (χ2v) is 41.9. The van der Waals surface area contributed by atoms with E-state index in [-0.39, 0.29) is 50.3 Å². The number of rotatable bonds is 15. The summed E-state index contributed by atoms with van der Waals surface area (Å²) in [6.07, 6.45) is 9.70. The number of amides is 3. The zero-order valence-corrected chi connectivity index (χ0v) is 79.5. The van der Waals surface area contributed by atoms with Crippen LogP contribution < -0.4 is 25.4 Å². The van der Waals surface area contributed by atoms with E-state index in [0.717, 1.165) is 101 Å². The van der Waals surface area contributed by atoms with E-state index in [1.165, 1.54) is 11.9 Å². The number of fused-ring (bicyclic) bond motifs is 7. The van der Waals surface area contributed by atoms with Crippen LogP contribution in [-0.2, 0) is 70.2 Å². The molecule has 0 unspecified atom stereocenters. The highest BCUT2D eigenvalue weighted by Gasteiger charge is 2.42. The number of aromatic nitrogens is 8. The average Bonchev–Trinajstić information content (AvgIpc) is 1.58. The van der Waals surface area contributed by atoms with Crippen LogP contribution in [0.2, 0.25) is 0 Å². The summed E-state index contributed by atoms with van der Waals surface area (Å²) in [5.74, 6) is 0.922. The lowest BCUT2D eigenvalue weighted by molar-refractivity contribution is -0.120. The molecule has 21 rings (SSSR count). The van der Waals surface area contributed by atoms with E-state index in [9.17, 15) is 50.2 Å². The minimum atomic E-state index is -4.10. The molecule has 3 amide bonds. The normalized spacial score (nSPS) is 15.5. The number of H-pyrrole nitrogens is 1. The van der Waals surface area contributed by atoms with Crippen LogP contribution in [-0.4, -0.2) is 118 Å². The maximum atomic E-state index is 14.3. The average molecular weight is 2060 g/mol. The van der Waals surface area contributed by atoms with E-state index in [0.29, 0.717) is 114 Å². The third-order valence-corrected chi connectivity index (χ3v) is 32.0. The van der Waals surface area contributed by atoms with E-state index in [1.807, 2.05) is 155 Å². The van der Waals surface area contributed by atoms with E-state index in [1.54, 1.807) is 158 Å². The van der Waals surface area contributed by atoms with Gasteiger partial charge in [-0.15, -0.1) is 0 Å². The Hall–Kier alpha value is -13.0. The second kappa shape index (κ2) is 35.6. The van der Waals surface area contributed by atoms with Crippen LogP contribution in [0.5, 0.6) is 11.5 Å². The summed E-state index contributed by atoms with van der Waals surface area (Å²) >= 11 is 8.93. The van der Waals surface area contributed by atoms with Gasteiger partial charge in [0.1, 0.15) is 41.5 Å². The predicted octanol–water partition coefficient (Wildman–Crippen LogP) is 20.4. The van der Waals surface area contributed by atoms with Crippen molar-refractivity contribution in [1.82, 2.24) is 36.8 Å². The Morgan fingerprint density at radius 3 is 1.20 bits per heavy atom. The Balaban J connectivity index is 0.000000122. The van der Waals surface area contributed by atoms with Crippen LogP contribution in [0.4, 0.5) is 17.1 Å². The van der Waals surface area contributed by atoms with Crippen molar-refractivity contribution in [3.8, 4) is 79.7 Å². The Bertz CT molecular complexity index is 7840. The Morgan fingerprint density at radius 1 is 0.409 bits per heavy atom. The number of carbonyl (C=O) groups is 3.